The van der Waals surface area contributed by atoms with Gasteiger partial charge in [-0.05, 0) is 36.4 Å². The minimum atomic E-state index is -0.388. The van der Waals surface area contributed by atoms with Gasteiger partial charge in [0.25, 0.3) is 0 Å². The summed E-state index contributed by atoms with van der Waals surface area (Å²) in [6.45, 7) is 0. The van der Waals surface area contributed by atoms with Gasteiger partial charge in [0.05, 0.1) is 6.21 Å². The molecule has 2 rings (SSSR count). The first-order valence-corrected chi connectivity index (χ1v) is 5.93. The molecular weight excluding hydrogens is 266 g/mol. The molecule has 1 aromatic carbocycles. The van der Waals surface area contributed by atoms with Gasteiger partial charge in [-0.3, -0.25) is 0 Å². The number of amides is 2. The third-order valence-corrected chi connectivity index (χ3v) is 2.59. The largest absolute Gasteiger partial charge is 0.455 e. The van der Waals surface area contributed by atoms with Gasteiger partial charge < -0.3 is 9.73 Å². The van der Waals surface area contributed by atoms with Gasteiger partial charge in [0.15, 0.2) is 0 Å². The van der Waals surface area contributed by atoms with Crippen LogP contribution in [0.25, 0.3) is 11.3 Å². The topological polar surface area (TPSA) is 66.6 Å². The molecule has 19 heavy (non-hydrogen) atoms. The summed E-state index contributed by atoms with van der Waals surface area (Å²) in [5, 5.41) is 6.79. The Kier molecular flexibility index (Phi) is 4.20. The smallest absolute Gasteiger partial charge is 0.334 e. The molecule has 2 amide bonds. The fourth-order valence-electron chi connectivity index (χ4n) is 1.40. The van der Waals surface area contributed by atoms with Crippen molar-refractivity contribution in [2.75, 3.05) is 7.05 Å². The molecule has 1 aromatic heterocycles. The number of benzene rings is 1. The molecule has 0 radical (unpaired) electrons. The Morgan fingerprint density at radius 3 is 2.68 bits per heavy atom. The zero-order valence-corrected chi connectivity index (χ0v) is 10.9. The lowest BCUT2D eigenvalue weighted by Gasteiger charge is -1.96. The van der Waals surface area contributed by atoms with Crippen LogP contribution < -0.4 is 10.7 Å². The van der Waals surface area contributed by atoms with Crippen LogP contribution in [0.3, 0.4) is 0 Å². The Labute approximate surface area is 115 Å². The molecule has 0 spiro atoms. The van der Waals surface area contributed by atoms with E-state index in [9.17, 15) is 4.79 Å². The van der Waals surface area contributed by atoms with Crippen molar-refractivity contribution in [2.45, 2.75) is 0 Å². The van der Waals surface area contributed by atoms with Crippen molar-refractivity contribution in [3.05, 3.63) is 47.2 Å². The van der Waals surface area contributed by atoms with Crippen molar-refractivity contribution >= 4 is 23.8 Å². The number of carbonyl (C=O) groups is 1. The Hall–Kier alpha value is -2.27. The molecule has 0 saturated carbocycles. The number of halogens is 1. The number of nitrogens with one attached hydrogen (secondary N) is 2. The van der Waals surface area contributed by atoms with E-state index in [4.69, 9.17) is 16.0 Å². The summed E-state index contributed by atoms with van der Waals surface area (Å²) < 4.78 is 5.56. The van der Waals surface area contributed by atoms with E-state index in [1.807, 2.05) is 18.2 Å². The van der Waals surface area contributed by atoms with Gasteiger partial charge in [0.1, 0.15) is 11.5 Å². The highest BCUT2D eigenvalue weighted by Crippen LogP contribution is 2.23. The van der Waals surface area contributed by atoms with Crippen LogP contribution in [0.2, 0.25) is 5.02 Å². The lowest BCUT2D eigenvalue weighted by atomic mass is 10.2. The highest BCUT2D eigenvalue weighted by Gasteiger charge is 2.03. The second kappa shape index (κ2) is 6.06. The molecule has 0 atom stereocenters. The van der Waals surface area contributed by atoms with E-state index in [2.05, 4.69) is 15.8 Å². The normalized spacial score (nSPS) is 10.6. The fraction of sp³-hybridized carbons (Fsp3) is 0.0769. The van der Waals surface area contributed by atoms with Gasteiger partial charge >= 0.3 is 6.03 Å². The molecule has 0 saturated heterocycles. The van der Waals surface area contributed by atoms with E-state index in [1.54, 1.807) is 18.2 Å². The van der Waals surface area contributed by atoms with Crippen molar-refractivity contribution in [1.82, 2.24) is 10.7 Å². The maximum atomic E-state index is 10.9. The van der Waals surface area contributed by atoms with Crippen molar-refractivity contribution < 1.29 is 9.21 Å². The number of urea groups is 1. The van der Waals surface area contributed by atoms with Crippen LogP contribution >= 0.6 is 11.6 Å². The first-order valence-electron chi connectivity index (χ1n) is 5.55. The summed E-state index contributed by atoms with van der Waals surface area (Å²) in [7, 11) is 1.51. The fourth-order valence-corrected chi connectivity index (χ4v) is 1.53. The van der Waals surface area contributed by atoms with E-state index >= 15 is 0 Å². The highest BCUT2D eigenvalue weighted by molar-refractivity contribution is 6.30. The molecule has 0 unspecified atom stereocenters. The second-order valence-electron chi connectivity index (χ2n) is 3.66. The number of furan rings is 1. The van der Waals surface area contributed by atoms with Gasteiger partial charge in [-0.15, -0.1) is 0 Å². The molecule has 2 N–H and O–H groups in total. The van der Waals surface area contributed by atoms with Crippen LogP contribution in [-0.4, -0.2) is 19.3 Å². The number of hydrogen-bond donors (Lipinski definition) is 2. The van der Waals surface area contributed by atoms with Crippen molar-refractivity contribution in [1.29, 1.82) is 0 Å². The molecule has 0 aliphatic carbocycles. The Balaban J connectivity index is 2.06. The van der Waals surface area contributed by atoms with Crippen molar-refractivity contribution in [3.63, 3.8) is 0 Å². The number of hydrazone groups is 1. The Bertz CT molecular complexity index is 590. The molecule has 5 nitrogen and oxygen atoms in total. The third kappa shape index (κ3) is 3.59. The minimum Gasteiger partial charge on any atom is -0.455 e. The molecular formula is C13H12ClN3O2. The summed E-state index contributed by atoms with van der Waals surface area (Å²) >= 11 is 5.82. The average Bonchev–Trinajstić information content (AvgIpc) is 2.88. The number of nitrogens with zero attached hydrogens (tertiary/aromatic N) is 1. The molecule has 0 aliphatic rings. The minimum absolute atomic E-state index is 0.388. The molecule has 1 heterocycles. The molecule has 0 fully saturated rings. The lowest BCUT2D eigenvalue weighted by Crippen LogP contribution is -2.28. The summed E-state index contributed by atoms with van der Waals surface area (Å²) in [4.78, 5) is 10.9. The first-order chi connectivity index (χ1) is 9.19. The maximum Gasteiger partial charge on any atom is 0.334 e. The van der Waals surface area contributed by atoms with Crippen LogP contribution in [-0.2, 0) is 0 Å². The van der Waals surface area contributed by atoms with Gasteiger partial charge in [-0.1, -0.05) is 11.6 Å². The maximum absolute atomic E-state index is 10.9. The lowest BCUT2D eigenvalue weighted by molar-refractivity contribution is 0.243. The van der Waals surface area contributed by atoms with E-state index in [0.717, 1.165) is 5.56 Å². The van der Waals surface area contributed by atoms with E-state index < -0.39 is 0 Å². The predicted molar refractivity (Wildman–Crippen MR) is 74.3 cm³/mol. The zero-order valence-electron chi connectivity index (χ0n) is 10.2. The van der Waals surface area contributed by atoms with E-state index in [1.165, 1.54) is 13.3 Å². The van der Waals surface area contributed by atoms with Gasteiger partial charge in [0.2, 0.25) is 0 Å². The molecule has 6 heteroatoms. The van der Waals surface area contributed by atoms with E-state index in [0.29, 0.717) is 16.5 Å². The van der Waals surface area contributed by atoms with Gasteiger partial charge in [-0.2, -0.15) is 5.10 Å². The Morgan fingerprint density at radius 2 is 2.00 bits per heavy atom. The van der Waals surface area contributed by atoms with Crippen LogP contribution in [0.1, 0.15) is 5.76 Å². The van der Waals surface area contributed by atoms with Gasteiger partial charge in [0, 0.05) is 17.6 Å². The van der Waals surface area contributed by atoms with E-state index in [-0.39, 0.29) is 6.03 Å². The van der Waals surface area contributed by atoms with Gasteiger partial charge in [-0.25, -0.2) is 10.2 Å². The molecule has 2 aromatic rings. The van der Waals surface area contributed by atoms with Crippen LogP contribution in [0.4, 0.5) is 4.79 Å². The molecule has 0 bridgehead atoms. The highest BCUT2D eigenvalue weighted by atomic mass is 35.5. The summed E-state index contributed by atoms with van der Waals surface area (Å²) in [5.74, 6) is 1.25. The van der Waals surface area contributed by atoms with Crippen LogP contribution in [0.15, 0.2) is 45.9 Å². The average molecular weight is 278 g/mol. The van der Waals surface area contributed by atoms with Crippen LogP contribution in [0, 0.1) is 0 Å². The standard InChI is InChI=1S/C13H12ClN3O2/c1-15-13(18)17-16-8-11-6-7-12(19-11)9-2-4-10(14)5-3-9/h2-8H,1H3,(H2,15,17,18)/b16-8+. The monoisotopic (exact) mass is 277 g/mol. The zero-order chi connectivity index (χ0) is 13.7. The summed E-state index contributed by atoms with van der Waals surface area (Å²) in [6.07, 6.45) is 1.43. The number of rotatable bonds is 3. The third-order valence-electron chi connectivity index (χ3n) is 2.34. The SMILES string of the molecule is CNC(=O)N/N=C/c1ccc(-c2ccc(Cl)cc2)o1. The number of carbonyl (C=O) groups excluding carboxylic acids is 1. The quantitative estimate of drug-likeness (QED) is 0.669. The van der Waals surface area contributed by atoms with Crippen molar-refractivity contribution in [3.8, 4) is 11.3 Å². The molecule has 0 aliphatic heterocycles. The second-order valence-corrected chi connectivity index (χ2v) is 4.09. The van der Waals surface area contributed by atoms with Crippen LogP contribution in [0.5, 0.6) is 0 Å². The summed E-state index contributed by atoms with van der Waals surface area (Å²) in [5.41, 5.74) is 3.20. The van der Waals surface area contributed by atoms with Crippen molar-refractivity contribution in [2.24, 2.45) is 5.10 Å². The first kappa shape index (κ1) is 13.2. The molecule has 98 valence electrons. The summed E-state index contributed by atoms with van der Waals surface area (Å²) in [6, 6.07) is 10.5. The number of hydrogen-bond acceptors (Lipinski definition) is 3. The predicted octanol–water partition coefficient (Wildman–Crippen LogP) is 2.86. The Morgan fingerprint density at radius 1 is 1.26 bits per heavy atom.